The minimum Gasteiger partial charge on any atom is -0.380 e. The van der Waals surface area contributed by atoms with E-state index in [2.05, 4.69) is 10.4 Å². The van der Waals surface area contributed by atoms with Crippen LogP contribution in [0.4, 0.5) is 0 Å². The Bertz CT molecular complexity index is 155. The van der Waals surface area contributed by atoms with Gasteiger partial charge < -0.3 is 4.74 Å². The van der Waals surface area contributed by atoms with Crippen molar-refractivity contribution in [3.63, 3.8) is 0 Å². The Morgan fingerprint density at radius 2 is 2.15 bits per heavy atom. The fourth-order valence-corrected chi connectivity index (χ4v) is 2.63. The van der Waals surface area contributed by atoms with Gasteiger partial charge >= 0.3 is 0 Å². The molecule has 1 aliphatic heterocycles. The standard InChI is InChI=1S/C10H20N2O/c1-11-12-6-7-13-8-9-4-2-3-5-10(9)12/h9-11H,2-8H2,1H3. The van der Waals surface area contributed by atoms with E-state index >= 15 is 0 Å². The van der Waals surface area contributed by atoms with Crippen molar-refractivity contribution in [2.24, 2.45) is 5.92 Å². The van der Waals surface area contributed by atoms with Gasteiger partial charge in [-0.1, -0.05) is 12.8 Å². The van der Waals surface area contributed by atoms with Gasteiger partial charge in [0.15, 0.2) is 0 Å². The summed E-state index contributed by atoms with van der Waals surface area (Å²) in [6.45, 7) is 2.90. The van der Waals surface area contributed by atoms with E-state index in [1.807, 2.05) is 7.05 Å². The molecule has 0 radical (unpaired) electrons. The van der Waals surface area contributed by atoms with E-state index in [0.29, 0.717) is 0 Å². The average molecular weight is 184 g/mol. The Hall–Kier alpha value is -0.120. The lowest BCUT2D eigenvalue weighted by Crippen LogP contribution is -2.48. The summed E-state index contributed by atoms with van der Waals surface area (Å²) >= 11 is 0. The molecule has 0 aromatic heterocycles. The van der Waals surface area contributed by atoms with Gasteiger partial charge in [0, 0.05) is 12.6 Å². The highest BCUT2D eigenvalue weighted by Crippen LogP contribution is 2.29. The van der Waals surface area contributed by atoms with Crippen LogP contribution in [0.5, 0.6) is 0 Å². The molecule has 2 aliphatic rings. The molecule has 2 fully saturated rings. The van der Waals surface area contributed by atoms with Crippen molar-refractivity contribution in [1.82, 2.24) is 10.4 Å². The van der Waals surface area contributed by atoms with Crippen molar-refractivity contribution < 1.29 is 4.74 Å². The summed E-state index contributed by atoms with van der Waals surface area (Å²) in [7, 11) is 2.02. The molecule has 0 aromatic carbocycles. The summed E-state index contributed by atoms with van der Waals surface area (Å²) in [5.74, 6) is 0.767. The zero-order valence-electron chi connectivity index (χ0n) is 8.46. The molecule has 0 aromatic rings. The van der Waals surface area contributed by atoms with E-state index in [1.54, 1.807) is 0 Å². The van der Waals surface area contributed by atoms with Crippen LogP contribution in [0.3, 0.4) is 0 Å². The normalized spacial score (nSPS) is 36.7. The Morgan fingerprint density at radius 1 is 1.31 bits per heavy atom. The molecule has 2 unspecified atom stereocenters. The van der Waals surface area contributed by atoms with E-state index in [4.69, 9.17) is 4.74 Å². The van der Waals surface area contributed by atoms with Crippen molar-refractivity contribution >= 4 is 0 Å². The van der Waals surface area contributed by atoms with Gasteiger partial charge in [-0.3, -0.25) is 5.43 Å². The van der Waals surface area contributed by atoms with Crippen LogP contribution in [-0.2, 0) is 4.74 Å². The van der Waals surface area contributed by atoms with E-state index < -0.39 is 0 Å². The van der Waals surface area contributed by atoms with Crippen LogP contribution in [0.1, 0.15) is 25.7 Å². The molecule has 3 nitrogen and oxygen atoms in total. The first-order chi connectivity index (χ1) is 6.42. The highest BCUT2D eigenvalue weighted by molar-refractivity contribution is 4.83. The van der Waals surface area contributed by atoms with E-state index in [-0.39, 0.29) is 0 Å². The molecule has 76 valence electrons. The first kappa shape index (κ1) is 9.44. The largest absolute Gasteiger partial charge is 0.380 e. The number of hydrogen-bond donors (Lipinski definition) is 1. The van der Waals surface area contributed by atoms with E-state index in [1.165, 1.54) is 25.7 Å². The third-order valence-corrected chi connectivity index (χ3v) is 3.36. The number of nitrogens with one attached hydrogen (secondary N) is 1. The summed E-state index contributed by atoms with van der Waals surface area (Å²) < 4.78 is 5.61. The molecule has 13 heavy (non-hydrogen) atoms. The fraction of sp³-hybridized carbons (Fsp3) is 1.00. The predicted molar refractivity (Wildman–Crippen MR) is 52.3 cm³/mol. The van der Waals surface area contributed by atoms with Crippen LogP contribution in [0.25, 0.3) is 0 Å². The molecule has 0 amide bonds. The summed E-state index contributed by atoms with van der Waals surface area (Å²) in [6.07, 6.45) is 5.47. The summed E-state index contributed by atoms with van der Waals surface area (Å²) in [4.78, 5) is 0. The van der Waals surface area contributed by atoms with Crippen molar-refractivity contribution in [3.05, 3.63) is 0 Å². The molecule has 0 bridgehead atoms. The van der Waals surface area contributed by atoms with Crippen LogP contribution in [0, 0.1) is 5.92 Å². The lowest BCUT2D eigenvalue weighted by atomic mass is 9.85. The van der Waals surface area contributed by atoms with Crippen LogP contribution in [0.2, 0.25) is 0 Å². The third-order valence-electron chi connectivity index (χ3n) is 3.36. The molecule has 1 N–H and O–H groups in total. The minimum atomic E-state index is 0.723. The number of hydrogen-bond acceptors (Lipinski definition) is 3. The first-order valence-electron chi connectivity index (χ1n) is 5.43. The maximum absolute atomic E-state index is 5.61. The number of nitrogens with zero attached hydrogens (tertiary/aromatic N) is 1. The third kappa shape index (κ3) is 2.03. The summed E-state index contributed by atoms with van der Waals surface area (Å²) in [6, 6.07) is 0.723. The van der Waals surface area contributed by atoms with Gasteiger partial charge in [0.05, 0.1) is 13.2 Å². The molecular formula is C10H20N2O. The second-order valence-electron chi connectivity index (χ2n) is 4.10. The second-order valence-corrected chi connectivity index (χ2v) is 4.10. The zero-order chi connectivity index (χ0) is 9.10. The Labute approximate surface area is 80.4 Å². The smallest absolute Gasteiger partial charge is 0.0607 e. The molecule has 2 atom stereocenters. The molecular weight excluding hydrogens is 164 g/mol. The van der Waals surface area contributed by atoms with Crippen LogP contribution in [-0.4, -0.2) is 37.9 Å². The van der Waals surface area contributed by atoms with Crippen molar-refractivity contribution in [1.29, 1.82) is 0 Å². The number of fused-ring (bicyclic) bond motifs is 1. The van der Waals surface area contributed by atoms with Crippen molar-refractivity contribution in [3.8, 4) is 0 Å². The molecule has 2 rings (SSSR count). The van der Waals surface area contributed by atoms with Gasteiger partial charge in [-0.2, -0.15) is 0 Å². The maximum Gasteiger partial charge on any atom is 0.0607 e. The Balaban J connectivity index is 2.02. The molecule has 0 spiro atoms. The average Bonchev–Trinajstić information content (AvgIpc) is 2.39. The van der Waals surface area contributed by atoms with Gasteiger partial charge in [0.25, 0.3) is 0 Å². The molecule has 3 heteroatoms. The van der Waals surface area contributed by atoms with Crippen molar-refractivity contribution in [2.45, 2.75) is 31.7 Å². The zero-order valence-corrected chi connectivity index (χ0v) is 8.46. The second kappa shape index (κ2) is 4.40. The topological polar surface area (TPSA) is 24.5 Å². The van der Waals surface area contributed by atoms with Crippen molar-refractivity contribution in [2.75, 3.05) is 26.8 Å². The van der Waals surface area contributed by atoms with Gasteiger partial charge in [-0.15, -0.1) is 0 Å². The lowest BCUT2D eigenvalue weighted by Gasteiger charge is -2.36. The SMILES string of the molecule is CNN1CCOCC2CCCCC21. The summed E-state index contributed by atoms with van der Waals surface area (Å²) in [5.41, 5.74) is 3.30. The predicted octanol–water partition coefficient (Wildman–Crippen LogP) is 1.01. The first-order valence-corrected chi connectivity index (χ1v) is 5.43. The summed E-state index contributed by atoms with van der Waals surface area (Å²) in [5, 5.41) is 2.37. The Kier molecular flexibility index (Phi) is 3.19. The van der Waals surface area contributed by atoms with Gasteiger partial charge in [0.2, 0.25) is 0 Å². The van der Waals surface area contributed by atoms with E-state index in [9.17, 15) is 0 Å². The molecule has 1 aliphatic carbocycles. The maximum atomic E-state index is 5.61. The number of rotatable bonds is 1. The minimum absolute atomic E-state index is 0.723. The van der Waals surface area contributed by atoms with Gasteiger partial charge in [-0.25, -0.2) is 5.01 Å². The van der Waals surface area contributed by atoms with Gasteiger partial charge in [-0.05, 0) is 25.8 Å². The van der Waals surface area contributed by atoms with Gasteiger partial charge in [0.1, 0.15) is 0 Å². The van der Waals surface area contributed by atoms with Crippen LogP contribution < -0.4 is 5.43 Å². The molecule has 1 heterocycles. The molecule has 1 saturated carbocycles. The number of hydrazine groups is 1. The molecule has 1 saturated heterocycles. The fourth-order valence-electron chi connectivity index (χ4n) is 2.63. The number of ether oxygens (including phenoxy) is 1. The Morgan fingerprint density at radius 3 is 3.00 bits per heavy atom. The van der Waals surface area contributed by atoms with E-state index in [0.717, 1.165) is 31.7 Å². The highest BCUT2D eigenvalue weighted by Gasteiger charge is 2.31. The lowest BCUT2D eigenvalue weighted by molar-refractivity contribution is 0.0757. The highest BCUT2D eigenvalue weighted by atomic mass is 16.5. The van der Waals surface area contributed by atoms with Crippen LogP contribution >= 0.6 is 0 Å². The quantitative estimate of drug-likeness (QED) is 0.658. The monoisotopic (exact) mass is 184 g/mol. The van der Waals surface area contributed by atoms with Crippen LogP contribution in [0.15, 0.2) is 0 Å².